The van der Waals surface area contributed by atoms with Crippen molar-refractivity contribution in [3.05, 3.63) is 109 Å². The summed E-state index contributed by atoms with van der Waals surface area (Å²) in [5.74, 6) is 0. The van der Waals surface area contributed by atoms with Gasteiger partial charge in [-0.05, 0) is 55.1 Å². The van der Waals surface area contributed by atoms with Crippen LogP contribution in [0.25, 0.3) is 43.1 Å². The molecule has 0 aliphatic carbocycles. The third-order valence-corrected chi connectivity index (χ3v) is 5.65. The summed E-state index contributed by atoms with van der Waals surface area (Å²) >= 11 is 0. The minimum atomic E-state index is 1.00. The summed E-state index contributed by atoms with van der Waals surface area (Å²) in [6.45, 7) is 10.2. The molecule has 6 aromatic rings. The Morgan fingerprint density at radius 3 is 1.24 bits per heavy atom. The topological polar surface area (TPSA) is 20.2 Å². The van der Waals surface area contributed by atoms with Gasteiger partial charge in [-0.2, -0.15) is 0 Å². The van der Waals surface area contributed by atoms with Crippen LogP contribution in [0.3, 0.4) is 0 Å². The first-order chi connectivity index (χ1) is 16.8. The van der Waals surface area contributed by atoms with Gasteiger partial charge in [0.15, 0.2) is 0 Å². The monoisotopic (exact) mass is 450 g/mol. The molecule has 6 aromatic carbocycles. The van der Waals surface area contributed by atoms with Crippen molar-refractivity contribution in [3.63, 3.8) is 0 Å². The van der Waals surface area contributed by atoms with Crippen molar-refractivity contribution in [1.29, 1.82) is 0 Å². The van der Waals surface area contributed by atoms with E-state index in [-0.39, 0.29) is 0 Å². The average Bonchev–Trinajstić information content (AvgIpc) is 2.95. The highest BCUT2D eigenvalue weighted by Crippen LogP contribution is 2.33. The smallest absolute Gasteiger partial charge is 0.0319 e. The largest absolute Gasteiger partial charge is 0.400 e. The molecule has 0 atom stereocenters. The maximum absolute atomic E-state index is 7.00. The van der Waals surface area contributed by atoms with Crippen LogP contribution in [0.1, 0.15) is 40.2 Å². The first-order valence-electron chi connectivity index (χ1n) is 12.4. The molecule has 0 amide bonds. The molecule has 0 saturated carbocycles. The Morgan fingerprint density at radius 1 is 0.441 bits per heavy atom. The highest BCUT2D eigenvalue weighted by molar-refractivity contribution is 6.22. The predicted octanol–water partition coefficient (Wildman–Crippen LogP) is 9.65. The lowest BCUT2D eigenvalue weighted by atomic mass is 9.95. The summed E-state index contributed by atoms with van der Waals surface area (Å²) in [7, 11) is 1.00. The van der Waals surface area contributed by atoms with E-state index >= 15 is 0 Å². The zero-order valence-electron chi connectivity index (χ0n) is 21.5. The Kier molecular flexibility index (Phi) is 11.0. The lowest BCUT2D eigenvalue weighted by molar-refractivity contribution is 0.399. The summed E-state index contributed by atoms with van der Waals surface area (Å²) < 4.78 is 0. The lowest BCUT2D eigenvalue weighted by Gasteiger charge is -2.09. The minimum absolute atomic E-state index is 1.00. The molecule has 6 rings (SSSR count). The number of hydrogen-bond donors (Lipinski definition) is 1. The molecular weight excluding hydrogens is 412 g/mol. The summed E-state index contributed by atoms with van der Waals surface area (Å²) in [5, 5.41) is 17.9. The van der Waals surface area contributed by atoms with Gasteiger partial charge in [-0.1, -0.05) is 138 Å². The third-order valence-electron chi connectivity index (χ3n) is 5.65. The average molecular weight is 451 g/mol. The van der Waals surface area contributed by atoms with Crippen molar-refractivity contribution in [3.8, 4) is 0 Å². The first-order valence-corrected chi connectivity index (χ1v) is 12.4. The summed E-state index contributed by atoms with van der Waals surface area (Å²) in [4.78, 5) is 0. The zero-order valence-corrected chi connectivity index (χ0v) is 21.5. The maximum Gasteiger partial charge on any atom is 0.0319 e. The quantitative estimate of drug-likeness (QED) is 0.247. The number of fused-ring (bicyclic) bond motifs is 1. The molecule has 0 aliphatic heterocycles. The maximum atomic E-state index is 7.00. The number of aliphatic hydroxyl groups excluding tert-OH is 1. The molecule has 1 N–H and O–H groups in total. The van der Waals surface area contributed by atoms with Crippen molar-refractivity contribution in [1.82, 2.24) is 0 Å². The fourth-order valence-corrected chi connectivity index (χ4v) is 4.27. The molecule has 0 fully saturated rings. The van der Waals surface area contributed by atoms with Crippen molar-refractivity contribution < 1.29 is 5.11 Å². The van der Waals surface area contributed by atoms with Gasteiger partial charge in [0.1, 0.15) is 0 Å². The van der Waals surface area contributed by atoms with Gasteiger partial charge in [-0.25, -0.2) is 0 Å². The number of rotatable bonds is 1. The van der Waals surface area contributed by atoms with Crippen molar-refractivity contribution >= 4 is 43.1 Å². The van der Waals surface area contributed by atoms with Crippen LogP contribution < -0.4 is 0 Å². The van der Waals surface area contributed by atoms with Crippen LogP contribution in [0.2, 0.25) is 0 Å². The van der Waals surface area contributed by atoms with Gasteiger partial charge < -0.3 is 5.11 Å². The molecule has 34 heavy (non-hydrogen) atoms. The molecule has 1 nitrogen and oxygen atoms in total. The molecule has 0 saturated heterocycles. The van der Waals surface area contributed by atoms with Crippen LogP contribution in [-0.2, 0) is 6.42 Å². The van der Waals surface area contributed by atoms with Gasteiger partial charge in [-0.15, -0.1) is 0 Å². The standard InChI is InChI=1S/C16H10.C12H12.2C2H6.CH4O/c1-3-11-7-9-13-5-2-6-14-10-8-12(4-1)15(11)16(13)14;1-2-10-7-5-8-11-6-3-4-9-12(10)11;3*1-2/h1-10H;3-9H,2H2,1H3;2*1-2H3;2H,1H3. The van der Waals surface area contributed by atoms with E-state index in [9.17, 15) is 0 Å². The molecule has 0 aromatic heterocycles. The Hall–Kier alpha value is -3.42. The Morgan fingerprint density at radius 2 is 0.794 bits per heavy atom. The summed E-state index contributed by atoms with van der Waals surface area (Å²) in [6.07, 6.45) is 1.11. The van der Waals surface area contributed by atoms with Crippen molar-refractivity contribution in [2.24, 2.45) is 0 Å². The van der Waals surface area contributed by atoms with Gasteiger partial charge in [0, 0.05) is 7.11 Å². The van der Waals surface area contributed by atoms with E-state index in [1.807, 2.05) is 27.7 Å². The molecular formula is C33H38O. The van der Waals surface area contributed by atoms with E-state index in [1.165, 1.54) is 48.7 Å². The number of aryl methyl sites for hydroxylation is 1. The van der Waals surface area contributed by atoms with Gasteiger partial charge in [0.05, 0.1) is 0 Å². The Balaban J connectivity index is 0.000000203. The van der Waals surface area contributed by atoms with Gasteiger partial charge in [0.25, 0.3) is 0 Å². The van der Waals surface area contributed by atoms with Crippen LogP contribution in [0.5, 0.6) is 0 Å². The summed E-state index contributed by atoms with van der Waals surface area (Å²) in [6, 6.07) is 36.9. The van der Waals surface area contributed by atoms with Gasteiger partial charge in [-0.3, -0.25) is 0 Å². The van der Waals surface area contributed by atoms with E-state index in [4.69, 9.17) is 5.11 Å². The first kappa shape index (κ1) is 26.8. The highest BCUT2D eigenvalue weighted by atomic mass is 16.2. The number of benzene rings is 6. The second kappa shape index (κ2) is 14.0. The molecule has 0 unspecified atom stereocenters. The number of hydrogen-bond acceptors (Lipinski definition) is 1. The zero-order chi connectivity index (χ0) is 24.9. The number of aliphatic hydroxyl groups is 1. The predicted molar refractivity (Wildman–Crippen MR) is 154 cm³/mol. The van der Waals surface area contributed by atoms with Gasteiger partial charge in [0.2, 0.25) is 0 Å². The second-order valence-corrected chi connectivity index (χ2v) is 7.28. The van der Waals surface area contributed by atoms with Crippen LogP contribution in [0.4, 0.5) is 0 Å². The van der Waals surface area contributed by atoms with Crippen LogP contribution in [0, 0.1) is 0 Å². The van der Waals surface area contributed by atoms with E-state index in [0.717, 1.165) is 13.5 Å². The van der Waals surface area contributed by atoms with Crippen molar-refractivity contribution in [2.45, 2.75) is 41.0 Å². The minimum Gasteiger partial charge on any atom is -0.400 e. The Labute approximate surface area is 205 Å². The molecule has 1 heteroatoms. The van der Waals surface area contributed by atoms with E-state index in [1.54, 1.807) is 0 Å². The molecule has 176 valence electrons. The SMILES string of the molecule is CC.CC.CCc1cccc2ccccc12.CO.c1cc2ccc3cccc4ccc(c1)c2c34. The van der Waals surface area contributed by atoms with Crippen LogP contribution in [-0.4, -0.2) is 12.2 Å². The molecule has 0 bridgehead atoms. The van der Waals surface area contributed by atoms with E-state index < -0.39 is 0 Å². The summed E-state index contributed by atoms with van der Waals surface area (Å²) in [5.41, 5.74) is 1.44. The normalized spacial score (nSPS) is 9.74. The molecule has 0 aliphatic rings. The fourth-order valence-electron chi connectivity index (χ4n) is 4.27. The third kappa shape index (κ3) is 5.73. The van der Waals surface area contributed by atoms with Gasteiger partial charge >= 0.3 is 0 Å². The van der Waals surface area contributed by atoms with E-state index in [2.05, 4.69) is 110 Å². The highest BCUT2D eigenvalue weighted by Gasteiger charge is 2.06. The Bertz CT molecular complexity index is 1260. The van der Waals surface area contributed by atoms with Crippen LogP contribution in [0.15, 0.2) is 103 Å². The molecule has 0 radical (unpaired) electrons. The van der Waals surface area contributed by atoms with Crippen molar-refractivity contribution in [2.75, 3.05) is 7.11 Å². The molecule has 0 spiro atoms. The van der Waals surface area contributed by atoms with Crippen LogP contribution >= 0.6 is 0 Å². The molecule has 0 heterocycles. The second-order valence-electron chi connectivity index (χ2n) is 7.28. The van der Waals surface area contributed by atoms with E-state index in [0.29, 0.717) is 0 Å². The lowest BCUT2D eigenvalue weighted by Crippen LogP contribution is -1.82. The fraction of sp³-hybridized carbons (Fsp3) is 0.212.